The number of rotatable bonds is 1. The second-order valence-corrected chi connectivity index (χ2v) is 4.51. The van der Waals surface area contributed by atoms with E-state index in [2.05, 4.69) is 6.92 Å². The lowest BCUT2D eigenvalue weighted by Crippen LogP contribution is -2.28. The van der Waals surface area contributed by atoms with E-state index in [0.29, 0.717) is 5.92 Å². The third-order valence-electron chi connectivity index (χ3n) is 3.01. The van der Waals surface area contributed by atoms with Crippen LogP contribution in [-0.2, 0) is 0 Å². The minimum atomic E-state index is 0.180. The van der Waals surface area contributed by atoms with Crippen LogP contribution < -0.4 is 0 Å². The predicted molar refractivity (Wildman–Crippen MR) is 60.9 cm³/mol. The van der Waals surface area contributed by atoms with Crippen LogP contribution in [-0.4, -0.2) is 23.9 Å². The van der Waals surface area contributed by atoms with Gasteiger partial charge in [-0.15, -0.1) is 0 Å². The highest BCUT2D eigenvalue weighted by atomic mass is 16.2. The minimum absolute atomic E-state index is 0.180. The summed E-state index contributed by atoms with van der Waals surface area (Å²) >= 11 is 0. The average Bonchev–Trinajstić information content (AvgIpc) is 2.65. The van der Waals surface area contributed by atoms with Gasteiger partial charge in [-0.2, -0.15) is 0 Å². The molecule has 1 unspecified atom stereocenters. The number of nitrogens with zero attached hydrogens (tertiary/aromatic N) is 1. The summed E-state index contributed by atoms with van der Waals surface area (Å²) < 4.78 is 0. The molecule has 1 aliphatic heterocycles. The first-order valence-corrected chi connectivity index (χ1v) is 5.53. The van der Waals surface area contributed by atoms with Crippen molar-refractivity contribution in [2.24, 2.45) is 5.92 Å². The molecule has 0 bridgehead atoms. The number of carbonyl (C=O) groups is 1. The van der Waals surface area contributed by atoms with Crippen molar-refractivity contribution in [2.75, 3.05) is 13.1 Å². The molecule has 2 rings (SSSR count). The first-order valence-electron chi connectivity index (χ1n) is 5.53. The number of amides is 1. The fraction of sp³-hybridized carbons (Fsp3) is 0.462. The van der Waals surface area contributed by atoms with Crippen LogP contribution in [0.5, 0.6) is 0 Å². The summed E-state index contributed by atoms with van der Waals surface area (Å²) in [6, 6.07) is 7.82. The van der Waals surface area contributed by atoms with Crippen molar-refractivity contribution in [3.63, 3.8) is 0 Å². The molecule has 0 N–H and O–H groups in total. The quantitative estimate of drug-likeness (QED) is 0.686. The number of hydrogen-bond acceptors (Lipinski definition) is 1. The number of hydrogen-bond donors (Lipinski definition) is 0. The monoisotopic (exact) mass is 203 g/mol. The Bertz CT molecular complexity index is 355. The van der Waals surface area contributed by atoms with Gasteiger partial charge in [0, 0.05) is 18.7 Å². The summed E-state index contributed by atoms with van der Waals surface area (Å²) in [6.45, 7) is 6.05. The number of likely N-dealkylation sites (tertiary alicyclic amines) is 1. The second-order valence-electron chi connectivity index (χ2n) is 4.51. The Morgan fingerprint density at radius 3 is 2.53 bits per heavy atom. The van der Waals surface area contributed by atoms with Gasteiger partial charge in [0.1, 0.15) is 0 Å². The molecular formula is C13H17NO. The summed E-state index contributed by atoms with van der Waals surface area (Å²) in [4.78, 5) is 14.0. The lowest BCUT2D eigenvalue weighted by atomic mass is 10.1. The van der Waals surface area contributed by atoms with Gasteiger partial charge in [0.15, 0.2) is 0 Å². The maximum absolute atomic E-state index is 12.0. The van der Waals surface area contributed by atoms with E-state index in [1.807, 2.05) is 36.1 Å². The van der Waals surface area contributed by atoms with Gasteiger partial charge in [0.05, 0.1) is 0 Å². The Morgan fingerprint density at radius 1 is 1.33 bits per heavy atom. The Morgan fingerprint density at radius 2 is 2.00 bits per heavy atom. The third kappa shape index (κ3) is 2.20. The van der Waals surface area contributed by atoms with Crippen molar-refractivity contribution >= 4 is 5.91 Å². The molecule has 1 aromatic rings. The lowest BCUT2D eigenvalue weighted by Gasteiger charge is -2.15. The molecule has 1 saturated heterocycles. The molecule has 0 aliphatic carbocycles. The summed E-state index contributed by atoms with van der Waals surface area (Å²) in [5, 5.41) is 0. The summed E-state index contributed by atoms with van der Waals surface area (Å²) in [6.07, 6.45) is 1.14. The third-order valence-corrected chi connectivity index (χ3v) is 3.01. The van der Waals surface area contributed by atoms with Gasteiger partial charge in [-0.05, 0) is 31.4 Å². The highest BCUT2D eigenvalue weighted by molar-refractivity contribution is 5.94. The van der Waals surface area contributed by atoms with E-state index in [-0.39, 0.29) is 5.91 Å². The van der Waals surface area contributed by atoms with Gasteiger partial charge in [-0.25, -0.2) is 0 Å². The molecule has 0 aromatic heterocycles. The van der Waals surface area contributed by atoms with Crippen molar-refractivity contribution < 1.29 is 4.79 Å². The van der Waals surface area contributed by atoms with Gasteiger partial charge in [-0.3, -0.25) is 4.79 Å². The first-order chi connectivity index (χ1) is 7.16. The summed E-state index contributed by atoms with van der Waals surface area (Å²) in [7, 11) is 0. The van der Waals surface area contributed by atoms with Crippen LogP contribution in [0.2, 0.25) is 0 Å². The summed E-state index contributed by atoms with van der Waals surface area (Å²) in [5.41, 5.74) is 2.01. The topological polar surface area (TPSA) is 20.3 Å². The van der Waals surface area contributed by atoms with Crippen LogP contribution in [0.15, 0.2) is 24.3 Å². The maximum Gasteiger partial charge on any atom is 0.253 e. The molecule has 0 saturated carbocycles. The highest BCUT2D eigenvalue weighted by Crippen LogP contribution is 2.17. The van der Waals surface area contributed by atoms with E-state index in [1.54, 1.807) is 0 Å². The molecule has 1 aromatic carbocycles. The minimum Gasteiger partial charge on any atom is -0.338 e. The van der Waals surface area contributed by atoms with E-state index in [1.165, 1.54) is 5.56 Å². The standard InChI is InChI=1S/C13H17NO/c1-10-3-5-12(6-4-10)13(15)14-8-7-11(2)9-14/h3-6,11H,7-9H2,1-2H3. The molecular weight excluding hydrogens is 186 g/mol. The van der Waals surface area contributed by atoms with Crippen LogP contribution in [0.25, 0.3) is 0 Å². The van der Waals surface area contributed by atoms with E-state index in [4.69, 9.17) is 0 Å². The normalized spacial score (nSPS) is 20.7. The molecule has 2 nitrogen and oxygen atoms in total. The fourth-order valence-electron chi connectivity index (χ4n) is 2.00. The second kappa shape index (κ2) is 4.05. The summed E-state index contributed by atoms with van der Waals surface area (Å²) in [5.74, 6) is 0.832. The molecule has 1 aliphatic rings. The smallest absolute Gasteiger partial charge is 0.253 e. The Kier molecular flexibility index (Phi) is 2.76. The van der Waals surface area contributed by atoms with E-state index in [0.717, 1.165) is 25.1 Å². The molecule has 1 heterocycles. The van der Waals surface area contributed by atoms with Gasteiger partial charge in [-0.1, -0.05) is 24.6 Å². The SMILES string of the molecule is Cc1ccc(C(=O)N2CCC(C)C2)cc1. The van der Waals surface area contributed by atoms with Gasteiger partial charge in [0.25, 0.3) is 5.91 Å². The van der Waals surface area contributed by atoms with E-state index in [9.17, 15) is 4.79 Å². The highest BCUT2D eigenvalue weighted by Gasteiger charge is 2.23. The van der Waals surface area contributed by atoms with Crippen molar-refractivity contribution in [2.45, 2.75) is 20.3 Å². The molecule has 0 spiro atoms. The Hall–Kier alpha value is -1.31. The van der Waals surface area contributed by atoms with Gasteiger partial charge >= 0.3 is 0 Å². The van der Waals surface area contributed by atoms with E-state index < -0.39 is 0 Å². The fourth-order valence-corrected chi connectivity index (χ4v) is 2.00. The van der Waals surface area contributed by atoms with E-state index >= 15 is 0 Å². The van der Waals surface area contributed by atoms with Crippen molar-refractivity contribution in [1.82, 2.24) is 4.90 Å². The van der Waals surface area contributed by atoms with Crippen LogP contribution >= 0.6 is 0 Å². The Balaban J connectivity index is 2.11. The predicted octanol–water partition coefficient (Wildman–Crippen LogP) is 2.48. The number of carbonyl (C=O) groups excluding carboxylic acids is 1. The molecule has 1 atom stereocenters. The van der Waals surface area contributed by atoms with Crippen LogP contribution in [0, 0.1) is 12.8 Å². The zero-order valence-electron chi connectivity index (χ0n) is 9.36. The Labute approximate surface area is 90.9 Å². The number of benzene rings is 1. The van der Waals surface area contributed by atoms with Crippen LogP contribution in [0.3, 0.4) is 0 Å². The lowest BCUT2D eigenvalue weighted by molar-refractivity contribution is 0.0788. The van der Waals surface area contributed by atoms with Gasteiger partial charge in [0.2, 0.25) is 0 Å². The molecule has 2 heteroatoms. The van der Waals surface area contributed by atoms with Crippen LogP contribution in [0.1, 0.15) is 29.3 Å². The van der Waals surface area contributed by atoms with Crippen molar-refractivity contribution in [3.05, 3.63) is 35.4 Å². The maximum atomic E-state index is 12.0. The first kappa shape index (κ1) is 10.2. The molecule has 0 radical (unpaired) electrons. The molecule has 15 heavy (non-hydrogen) atoms. The average molecular weight is 203 g/mol. The van der Waals surface area contributed by atoms with Gasteiger partial charge < -0.3 is 4.90 Å². The van der Waals surface area contributed by atoms with Crippen LogP contribution in [0.4, 0.5) is 0 Å². The zero-order chi connectivity index (χ0) is 10.8. The van der Waals surface area contributed by atoms with Crippen molar-refractivity contribution in [1.29, 1.82) is 0 Å². The zero-order valence-corrected chi connectivity index (χ0v) is 9.36. The molecule has 1 fully saturated rings. The largest absolute Gasteiger partial charge is 0.338 e. The van der Waals surface area contributed by atoms with Crippen molar-refractivity contribution in [3.8, 4) is 0 Å². The number of aryl methyl sites for hydroxylation is 1. The molecule has 80 valence electrons. The molecule has 1 amide bonds.